The number of hydrogen-bond donors (Lipinski definition) is 1. The molecule has 0 fully saturated rings. The fraction of sp³-hybridized carbons (Fsp3) is 0.438. The summed E-state index contributed by atoms with van der Waals surface area (Å²) in [6, 6.07) is 10.1. The molecule has 19 heavy (non-hydrogen) atoms. The second-order valence-corrected chi connectivity index (χ2v) is 5.50. The Bertz CT molecular complexity index is 418. The number of rotatable bonds is 5. The number of alkyl carbamates (subject to hydrolysis) is 1. The van der Waals surface area contributed by atoms with Crippen molar-refractivity contribution < 1.29 is 9.53 Å². The maximum atomic E-state index is 11.4. The maximum Gasteiger partial charge on any atom is 0.407 e. The lowest BCUT2D eigenvalue weighted by Gasteiger charge is -2.19. The van der Waals surface area contributed by atoms with Crippen LogP contribution in [0.2, 0.25) is 0 Å². The predicted octanol–water partition coefficient (Wildman–Crippen LogP) is 4.00. The zero-order valence-electron chi connectivity index (χ0n) is 12.0. The molecular weight excluding hydrogens is 238 g/mol. The van der Waals surface area contributed by atoms with Gasteiger partial charge in [-0.15, -0.1) is 0 Å². The molecule has 0 unspecified atom stereocenters. The van der Waals surface area contributed by atoms with Crippen LogP contribution in [0.1, 0.15) is 39.2 Å². The molecule has 0 heterocycles. The van der Waals surface area contributed by atoms with Crippen LogP contribution >= 0.6 is 0 Å². The highest BCUT2D eigenvalue weighted by molar-refractivity contribution is 5.67. The Hall–Kier alpha value is -1.77. The molecule has 0 saturated heterocycles. The zero-order chi connectivity index (χ0) is 14.3. The van der Waals surface area contributed by atoms with Gasteiger partial charge < -0.3 is 10.1 Å². The van der Waals surface area contributed by atoms with Crippen molar-refractivity contribution in [2.75, 3.05) is 6.54 Å². The molecule has 1 aromatic rings. The molecule has 3 nitrogen and oxygen atoms in total. The Balaban J connectivity index is 2.21. The Morgan fingerprint density at radius 1 is 1.26 bits per heavy atom. The maximum absolute atomic E-state index is 11.4. The van der Waals surface area contributed by atoms with E-state index in [2.05, 4.69) is 11.9 Å². The van der Waals surface area contributed by atoms with Crippen LogP contribution in [0, 0.1) is 0 Å². The molecule has 1 rings (SSSR count). The Morgan fingerprint density at radius 3 is 2.47 bits per heavy atom. The van der Waals surface area contributed by atoms with Gasteiger partial charge in [0.15, 0.2) is 0 Å². The van der Waals surface area contributed by atoms with E-state index in [-0.39, 0.29) is 6.09 Å². The summed E-state index contributed by atoms with van der Waals surface area (Å²) in [5, 5.41) is 2.74. The van der Waals surface area contributed by atoms with Gasteiger partial charge in [0.2, 0.25) is 0 Å². The summed E-state index contributed by atoms with van der Waals surface area (Å²) in [7, 11) is 0. The number of amides is 1. The molecule has 0 aliphatic heterocycles. The first-order valence-electron chi connectivity index (χ1n) is 6.58. The summed E-state index contributed by atoms with van der Waals surface area (Å²) < 4.78 is 5.16. The van der Waals surface area contributed by atoms with E-state index in [0.717, 1.165) is 24.0 Å². The second-order valence-electron chi connectivity index (χ2n) is 5.50. The molecule has 3 heteroatoms. The van der Waals surface area contributed by atoms with Crippen LogP contribution in [0.5, 0.6) is 0 Å². The lowest BCUT2D eigenvalue weighted by atomic mass is 10.0. The summed E-state index contributed by atoms with van der Waals surface area (Å²) in [6.07, 6.45) is 1.35. The topological polar surface area (TPSA) is 38.3 Å². The van der Waals surface area contributed by atoms with Gasteiger partial charge in [-0.25, -0.2) is 4.79 Å². The highest BCUT2D eigenvalue weighted by Gasteiger charge is 2.15. The van der Waals surface area contributed by atoms with Gasteiger partial charge in [-0.05, 0) is 44.7 Å². The Morgan fingerprint density at radius 2 is 1.89 bits per heavy atom. The third-order valence-corrected chi connectivity index (χ3v) is 2.51. The molecular formula is C16H23NO2. The molecule has 0 aliphatic rings. The minimum absolute atomic E-state index is 0.363. The molecule has 0 bridgehead atoms. The monoisotopic (exact) mass is 261 g/mol. The van der Waals surface area contributed by atoms with Crippen molar-refractivity contribution in [2.45, 2.75) is 39.2 Å². The van der Waals surface area contributed by atoms with E-state index in [1.165, 1.54) is 0 Å². The van der Waals surface area contributed by atoms with Crippen LogP contribution in [-0.2, 0) is 4.74 Å². The Labute approximate surface area is 115 Å². The van der Waals surface area contributed by atoms with Crippen molar-refractivity contribution >= 4 is 11.7 Å². The number of benzene rings is 1. The lowest BCUT2D eigenvalue weighted by molar-refractivity contribution is 0.0527. The number of ether oxygens (including phenoxy) is 1. The quantitative estimate of drug-likeness (QED) is 0.813. The van der Waals surface area contributed by atoms with Gasteiger partial charge in [0.05, 0.1) is 0 Å². The van der Waals surface area contributed by atoms with Gasteiger partial charge in [-0.2, -0.15) is 0 Å². The average molecular weight is 261 g/mol. The van der Waals surface area contributed by atoms with Gasteiger partial charge in [0.1, 0.15) is 5.60 Å². The predicted molar refractivity (Wildman–Crippen MR) is 78.9 cm³/mol. The van der Waals surface area contributed by atoms with Gasteiger partial charge in [-0.3, -0.25) is 0 Å². The molecule has 1 N–H and O–H groups in total. The first-order valence-corrected chi connectivity index (χ1v) is 6.58. The van der Waals surface area contributed by atoms with E-state index < -0.39 is 5.60 Å². The Kier molecular flexibility index (Phi) is 5.61. The van der Waals surface area contributed by atoms with E-state index in [0.29, 0.717) is 6.54 Å². The second kappa shape index (κ2) is 6.98. The number of hydrogen-bond acceptors (Lipinski definition) is 2. The van der Waals surface area contributed by atoms with Gasteiger partial charge >= 0.3 is 6.09 Å². The van der Waals surface area contributed by atoms with E-state index >= 15 is 0 Å². The van der Waals surface area contributed by atoms with Crippen LogP contribution in [-0.4, -0.2) is 18.2 Å². The van der Waals surface area contributed by atoms with E-state index in [1.54, 1.807) is 0 Å². The van der Waals surface area contributed by atoms with Gasteiger partial charge in [-0.1, -0.05) is 36.9 Å². The number of nitrogens with one attached hydrogen (secondary N) is 1. The van der Waals surface area contributed by atoms with E-state index in [4.69, 9.17) is 4.74 Å². The third-order valence-electron chi connectivity index (χ3n) is 2.51. The SMILES string of the molecule is C=C(CCCNC(=O)OC(C)(C)C)c1ccccc1. The molecule has 1 aromatic carbocycles. The molecule has 104 valence electrons. The smallest absolute Gasteiger partial charge is 0.407 e. The fourth-order valence-corrected chi connectivity index (χ4v) is 1.62. The minimum atomic E-state index is -0.447. The summed E-state index contributed by atoms with van der Waals surface area (Å²) in [5.41, 5.74) is 1.80. The van der Waals surface area contributed by atoms with Crippen LogP contribution in [0.4, 0.5) is 4.79 Å². The molecule has 0 saturated carbocycles. The lowest BCUT2D eigenvalue weighted by Crippen LogP contribution is -2.33. The van der Waals surface area contributed by atoms with Crippen molar-refractivity contribution in [3.8, 4) is 0 Å². The van der Waals surface area contributed by atoms with Crippen molar-refractivity contribution in [3.05, 3.63) is 42.5 Å². The van der Waals surface area contributed by atoms with Crippen molar-refractivity contribution in [2.24, 2.45) is 0 Å². The van der Waals surface area contributed by atoms with E-state index in [9.17, 15) is 4.79 Å². The molecule has 0 aromatic heterocycles. The summed E-state index contributed by atoms with van der Waals surface area (Å²) >= 11 is 0. The minimum Gasteiger partial charge on any atom is -0.444 e. The van der Waals surface area contributed by atoms with Crippen LogP contribution in [0.15, 0.2) is 36.9 Å². The number of allylic oxidation sites excluding steroid dienone is 1. The summed E-state index contributed by atoms with van der Waals surface area (Å²) in [4.78, 5) is 11.4. The highest BCUT2D eigenvalue weighted by Crippen LogP contribution is 2.16. The molecule has 0 atom stereocenters. The van der Waals surface area contributed by atoms with Gasteiger partial charge in [0, 0.05) is 6.54 Å². The fourth-order valence-electron chi connectivity index (χ4n) is 1.62. The van der Waals surface area contributed by atoms with Crippen molar-refractivity contribution in [1.29, 1.82) is 0 Å². The standard InChI is InChI=1S/C16H23NO2/c1-13(14-10-6-5-7-11-14)9-8-12-17-15(18)19-16(2,3)4/h5-7,10-11H,1,8-9,12H2,2-4H3,(H,17,18). The molecule has 0 radical (unpaired) electrons. The average Bonchev–Trinajstić information content (AvgIpc) is 2.33. The van der Waals surface area contributed by atoms with Crippen LogP contribution < -0.4 is 5.32 Å². The van der Waals surface area contributed by atoms with E-state index in [1.807, 2.05) is 51.1 Å². The zero-order valence-corrected chi connectivity index (χ0v) is 12.0. The number of carbonyl (C=O) groups is 1. The van der Waals surface area contributed by atoms with Crippen molar-refractivity contribution in [3.63, 3.8) is 0 Å². The van der Waals surface area contributed by atoms with Gasteiger partial charge in [0.25, 0.3) is 0 Å². The largest absolute Gasteiger partial charge is 0.444 e. The summed E-state index contributed by atoms with van der Waals surface area (Å²) in [5.74, 6) is 0. The van der Waals surface area contributed by atoms with Crippen LogP contribution in [0.25, 0.3) is 5.57 Å². The molecule has 0 spiro atoms. The first kappa shape index (κ1) is 15.3. The summed E-state index contributed by atoms with van der Waals surface area (Å²) in [6.45, 7) is 10.2. The van der Waals surface area contributed by atoms with Crippen molar-refractivity contribution in [1.82, 2.24) is 5.32 Å². The normalized spacial score (nSPS) is 10.9. The highest BCUT2D eigenvalue weighted by atomic mass is 16.6. The first-order chi connectivity index (χ1) is 8.88. The third kappa shape index (κ3) is 6.65. The van der Waals surface area contributed by atoms with Crippen LogP contribution in [0.3, 0.4) is 0 Å². The molecule has 1 amide bonds. The molecule has 0 aliphatic carbocycles. The number of carbonyl (C=O) groups excluding carboxylic acids is 1.